The zero-order valence-corrected chi connectivity index (χ0v) is 12.5. The van der Waals surface area contributed by atoms with E-state index in [0.29, 0.717) is 12.0 Å². The lowest BCUT2D eigenvalue weighted by Crippen LogP contribution is -2.48. The highest BCUT2D eigenvalue weighted by molar-refractivity contribution is 4.99. The minimum absolute atomic E-state index is 0.0149. The molecular formula is C15H30N2O. The van der Waals surface area contributed by atoms with Gasteiger partial charge >= 0.3 is 0 Å². The van der Waals surface area contributed by atoms with E-state index in [1.54, 1.807) is 0 Å². The van der Waals surface area contributed by atoms with Crippen LogP contribution in [0.15, 0.2) is 0 Å². The summed E-state index contributed by atoms with van der Waals surface area (Å²) in [6.45, 7) is 8.81. The molecule has 1 aliphatic carbocycles. The molecule has 0 aromatic rings. The summed E-state index contributed by atoms with van der Waals surface area (Å²) < 4.78 is 6.20. The summed E-state index contributed by atoms with van der Waals surface area (Å²) >= 11 is 0. The molecule has 106 valence electrons. The lowest BCUT2D eigenvalue weighted by Gasteiger charge is -2.33. The maximum atomic E-state index is 6.20. The third-order valence-corrected chi connectivity index (χ3v) is 4.91. The molecule has 1 saturated carbocycles. The van der Waals surface area contributed by atoms with Crippen LogP contribution in [0.1, 0.15) is 66.2 Å². The van der Waals surface area contributed by atoms with Gasteiger partial charge in [0.1, 0.15) is 0 Å². The third-order valence-electron chi connectivity index (χ3n) is 4.91. The molecule has 2 unspecified atom stereocenters. The van der Waals surface area contributed by atoms with Gasteiger partial charge in [0.05, 0.1) is 11.2 Å². The lowest BCUT2D eigenvalue weighted by molar-refractivity contribution is -0.0783. The topological polar surface area (TPSA) is 47.3 Å². The molecule has 0 bridgehead atoms. The Balaban J connectivity index is 2.02. The molecule has 0 aromatic heterocycles. The Kier molecular flexibility index (Phi) is 4.05. The Bertz CT molecular complexity index is 282. The summed E-state index contributed by atoms with van der Waals surface area (Å²) in [7, 11) is 0. The highest BCUT2D eigenvalue weighted by atomic mass is 16.5. The van der Waals surface area contributed by atoms with E-state index in [0.717, 1.165) is 12.3 Å². The SMILES string of the molecule is CC1(C)CC(C(CC2CCCC2)NN)C(C)(C)O1. The van der Waals surface area contributed by atoms with Gasteiger partial charge in [-0.25, -0.2) is 0 Å². The monoisotopic (exact) mass is 254 g/mol. The molecular weight excluding hydrogens is 224 g/mol. The molecule has 1 heterocycles. The van der Waals surface area contributed by atoms with Gasteiger partial charge < -0.3 is 4.74 Å². The Hall–Kier alpha value is -0.120. The fourth-order valence-electron chi connectivity index (χ4n) is 4.19. The van der Waals surface area contributed by atoms with Crippen molar-refractivity contribution in [2.75, 3.05) is 0 Å². The molecule has 3 nitrogen and oxygen atoms in total. The van der Waals surface area contributed by atoms with Crippen LogP contribution >= 0.6 is 0 Å². The van der Waals surface area contributed by atoms with Gasteiger partial charge in [-0.1, -0.05) is 25.7 Å². The second-order valence-corrected chi connectivity index (χ2v) is 7.44. The smallest absolute Gasteiger partial charge is 0.0678 e. The zero-order valence-electron chi connectivity index (χ0n) is 12.5. The van der Waals surface area contributed by atoms with Crippen molar-refractivity contribution in [3.05, 3.63) is 0 Å². The summed E-state index contributed by atoms with van der Waals surface area (Å²) in [5.41, 5.74) is 3.00. The van der Waals surface area contributed by atoms with E-state index in [4.69, 9.17) is 10.6 Å². The van der Waals surface area contributed by atoms with Crippen molar-refractivity contribution in [1.82, 2.24) is 5.43 Å². The van der Waals surface area contributed by atoms with Crippen molar-refractivity contribution < 1.29 is 4.74 Å². The Morgan fingerprint density at radius 2 is 1.83 bits per heavy atom. The van der Waals surface area contributed by atoms with E-state index in [9.17, 15) is 0 Å². The quantitative estimate of drug-likeness (QED) is 0.599. The van der Waals surface area contributed by atoms with Gasteiger partial charge in [-0.05, 0) is 46.5 Å². The first-order chi connectivity index (χ1) is 8.34. The summed E-state index contributed by atoms with van der Waals surface area (Å²) in [4.78, 5) is 0. The van der Waals surface area contributed by atoms with Crippen LogP contribution in [0.4, 0.5) is 0 Å². The molecule has 2 aliphatic rings. The molecule has 3 heteroatoms. The first kappa shape index (κ1) is 14.3. The molecule has 2 atom stereocenters. The second kappa shape index (κ2) is 5.10. The minimum Gasteiger partial charge on any atom is -0.369 e. The predicted octanol–water partition coefficient (Wildman–Crippen LogP) is 2.99. The molecule has 1 saturated heterocycles. The van der Waals surface area contributed by atoms with Crippen molar-refractivity contribution in [2.24, 2.45) is 17.7 Å². The molecule has 2 rings (SSSR count). The average molecular weight is 254 g/mol. The standard InChI is InChI=1S/C15H30N2O/c1-14(2)10-12(15(3,4)18-14)13(17-16)9-11-7-5-6-8-11/h11-13,17H,5-10,16H2,1-4H3. The first-order valence-corrected chi connectivity index (χ1v) is 7.50. The number of rotatable bonds is 4. The summed E-state index contributed by atoms with van der Waals surface area (Å²) in [6.07, 6.45) is 7.88. The normalized spacial score (nSPS) is 32.8. The van der Waals surface area contributed by atoms with Crippen LogP contribution in [0.2, 0.25) is 0 Å². The summed E-state index contributed by atoms with van der Waals surface area (Å²) in [5, 5.41) is 0. The number of hydrogen-bond donors (Lipinski definition) is 2. The number of nitrogens with one attached hydrogen (secondary N) is 1. The maximum Gasteiger partial charge on any atom is 0.0678 e. The molecule has 0 amide bonds. The molecule has 0 spiro atoms. The first-order valence-electron chi connectivity index (χ1n) is 7.50. The van der Waals surface area contributed by atoms with Crippen molar-refractivity contribution in [1.29, 1.82) is 0 Å². The van der Waals surface area contributed by atoms with Crippen molar-refractivity contribution in [3.8, 4) is 0 Å². The van der Waals surface area contributed by atoms with E-state index >= 15 is 0 Å². The van der Waals surface area contributed by atoms with Crippen molar-refractivity contribution in [3.63, 3.8) is 0 Å². The third kappa shape index (κ3) is 3.06. The van der Waals surface area contributed by atoms with Gasteiger partial charge in [-0.2, -0.15) is 0 Å². The molecule has 0 aromatic carbocycles. The fraction of sp³-hybridized carbons (Fsp3) is 1.00. The zero-order chi connectivity index (χ0) is 13.4. The van der Waals surface area contributed by atoms with E-state index in [-0.39, 0.29) is 11.2 Å². The number of hydrogen-bond acceptors (Lipinski definition) is 3. The van der Waals surface area contributed by atoms with Gasteiger partial charge in [0.2, 0.25) is 0 Å². The molecule has 18 heavy (non-hydrogen) atoms. The van der Waals surface area contributed by atoms with Crippen LogP contribution in [0.5, 0.6) is 0 Å². The van der Waals surface area contributed by atoms with E-state index in [1.807, 2.05) is 0 Å². The highest BCUT2D eigenvalue weighted by Crippen LogP contribution is 2.45. The highest BCUT2D eigenvalue weighted by Gasteiger charge is 2.49. The Morgan fingerprint density at radius 3 is 2.28 bits per heavy atom. The van der Waals surface area contributed by atoms with Crippen LogP contribution in [0, 0.1) is 11.8 Å². The van der Waals surface area contributed by atoms with Gasteiger partial charge in [0.25, 0.3) is 0 Å². The summed E-state index contributed by atoms with van der Waals surface area (Å²) in [5.74, 6) is 7.21. The van der Waals surface area contributed by atoms with Crippen molar-refractivity contribution >= 4 is 0 Å². The average Bonchev–Trinajstić information content (AvgIpc) is 2.80. The van der Waals surface area contributed by atoms with Gasteiger partial charge in [-0.3, -0.25) is 11.3 Å². The number of nitrogens with two attached hydrogens (primary N) is 1. The maximum absolute atomic E-state index is 6.20. The van der Waals surface area contributed by atoms with Crippen molar-refractivity contribution in [2.45, 2.75) is 83.5 Å². The van der Waals surface area contributed by atoms with Gasteiger partial charge in [-0.15, -0.1) is 0 Å². The predicted molar refractivity (Wildman–Crippen MR) is 75.0 cm³/mol. The van der Waals surface area contributed by atoms with E-state index in [2.05, 4.69) is 33.1 Å². The molecule has 1 aliphatic heterocycles. The lowest BCUT2D eigenvalue weighted by atomic mass is 9.78. The van der Waals surface area contributed by atoms with Crippen LogP contribution < -0.4 is 11.3 Å². The van der Waals surface area contributed by atoms with Crippen LogP contribution in [0.25, 0.3) is 0 Å². The van der Waals surface area contributed by atoms with E-state index < -0.39 is 0 Å². The minimum atomic E-state index is -0.0703. The summed E-state index contributed by atoms with van der Waals surface area (Å²) in [6, 6.07) is 0.393. The van der Waals surface area contributed by atoms with Crippen LogP contribution in [-0.4, -0.2) is 17.2 Å². The van der Waals surface area contributed by atoms with Crippen LogP contribution in [0.3, 0.4) is 0 Å². The Labute approximate surface area is 112 Å². The fourth-order valence-corrected chi connectivity index (χ4v) is 4.19. The number of hydrazine groups is 1. The molecule has 2 fully saturated rings. The van der Waals surface area contributed by atoms with Crippen LogP contribution in [-0.2, 0) is 4.74 Å². The van der Waals surface area contributed by atoms with Gasteiger partial charge in [0.15, 0.2) is 0 Å². The molecule has 3 N–H and O–H groups in total. The Morgan fingerprint density at radius 1 is 1.22 bits per heavy atom. The number of ether oxygens (including phenoxy) is 1. The largest absolute Gasteiger partial charge is 0.369 e. The van der Waals surface area contributed by atoms with E-state index in [1.165, 1.54) is 32.1 Å². The molecule has 0 radical (unpaired) electrons. The second-order valence-electron chi connectivity index (χ2n) is 7.44. The van der Waals surface area contributed by atoms with Gasteiger partial charge in [0, 0.05) is 12.0 Å².